The Morgan fingerprint density at radius 1 is 1.19 bits per heavy atom. The average molecular weight is 382 g/mol. The van der Waals surface area contributed by atoms with Gasteiger partial charge in [0.25, 0.3) is 5.69 Å². The number of likely N-dealkylation sites (N-methyl/N-ethyl adjacent to an activating group) is 1. The number of rotatable bonds is 7. The highest BCUT2D eigenvalue weighted by Gasteiger charge is 2.33. The van der Waals surface area contributed by atoms with Crippen LogP contribution in [0.25, 0.3) is 0 Å². The van der Waals surface area contributed by atoms with E-state index in [0.717, 1.165) is 6.07 Å². The molecule has 9 heteroatoms. The van der Waals surface area contributed by atoms with Crippen LogP contribution in [0.1, 0.15) is 38.8 Å². The minimum atomic E-state index is -4.90. The largest absolute Gasteiger partial charge is 0.573 e. The minimum absolute atomic E-state index is 0.215. The van der Waals surface area contributed by atoms with Crippen LogP contribution < -0.4 is 4.74 Å². The summed E-state index contributed by atoms with van der Waals surface area (Å²) in [6.07, 6.45) is -4.90. The van der Waals surface area contributed by atoms with Crippen LogP contribution in [-0.2, 0) is 11.3 Å². The Morgan fingerprint density at radius 3 is 2.15 bits per heavy atom. The van der Waals surface area contributed by atoms with Crippen LogP contribution in [0.5, 0.6) is 5.75 Å². The van der Waals surface area contributed by atoms with Gasteiger partial charge in [0, 0.05) is 26.3 Å². The highest BCUT2D eigenvalue weighted by atomic mass is 19.4. The van der Waals surface area contributed by atoms with Crippen molar-refractivity contribution in [2.45, 2.75) is 47.5 Å². The second-order valence-electron chi connectivity index (χ2n) is 4.76. The summed E-state index contributed by atoms with van der Waals surface area (Å²) in [4.78, 5) is 11.9. The van der Waals surface area contributed by atoms with Crippen LogP contribution >= 0.6 is 0 Å². The van der Waals surface area contributed by atoms with E-state index in [0.29, 0.717) is 18.7 Å². The number of nitro benzene ring substituents is 1. The van der Waals surface area contributed by atoms with Crippen LogP contribution in [0, 0.1) is 17.0 Å². The zero-order chi connectivity index (χ0) is 20.9. The second-order valence-corrected chi connectivity index (χ2v) is 4.76. The molecule has 0 fully saturated rings. The third kappa shape index (κ3) is 10.2. The molecule has 0 aromatic heterocycles. The molecule has 0 atom stereocenters. The van der Waals surface area contributed by atoms with Crippen LogP contribution in [-0.4, -0.2) is 43.5 Å². The molecule has 0 amide bonds. The van der Waals surface area contributed by atoms with Crippen LogP contribution in [0.2, 0.25) is 0 Å². The van der Waals surface area contributed by atoms with Gasteiger partial charge in [-0.15, -0.1) is 13.2 Å². The van der Waals surface area contributed by atoms with E-state index < -0.39 is 22.7 Å². The van der Waals surface area contributed by atoms with E-state index in [-0.39, 0.29) is 12.1 Å². The molecule has 0 spiro atoms. The Bertz CT molecular complexity index is 537. The van der Waals surface area contributed by atoms with E-state index in [1.165, 1.54) is 20.1 Å². The monoisotopic (exact) mass is 382 g/mol. The molecule has 152 valence electrons. The Balaban J connectivity index is 0. The van der Waals surface area contributed by atoms with Crippen molar-refractivity contribution in [3.8, 4) is 5.75 Å². The summed E-state index contributed by atoms with van der Waals surface area (Å²) in [6.45, 7) is 10.7. The molecule has 0 saturated carbocycles. The van der Waals surface area contributed by atoms with Crippen LogP contribution in [0.4, 0.5) is 18.9 Å². The number of benzene rings is 1. The normalized spacial score (nSPS) is 10.4. The second kappa shape index (κ2) is 13.3. The van der Waals surface area contributed by atoms with Gasteiger partial charge in [-0.05, 0) is 25.1 Å². The number of nitro groups is 1. The molecule has 0 heterocycles. The SMILES string of the molecule is CC.CC.COCCN(C)Cc1cc([N+](=O)[O-])cc(OC(F)(F)F)c1C. The van der Waals surface area contributed by atoms with Crippen molar-refractivity contribution < 1.29 is 27.6 Å². The van der Waals surface area contributed by atoms with Crippen LogP contribution in [0.3, 0.4) is 0 Å². The number of ether oxygens (including phenoxy) is 2. The summed E-state index contributed by atoms with van der Waals surface area (Å²) in [6, 6.07) is 2.03. The Labute approximate surface area is 153 Å². The lowest BCUT2D eigenvalue weighted by molar-refractivity contribution is -0.385. The number of nitrogens with zero attached hydrogens (tertiary/aromatic N) is 2. The summed E-state index contributed by atoms with van der Waals surface area (Å²) in [5.74, 6) is -0.558. The number of methoxy groups -OCH3 is 1. The Kier molecular flexibility index (Phi) is 13.5. The molecule has 0 saturated heterocycles. The molecule has 0 radical (unpaired) electrons. The summed E-state index contributed by atoms with van der Waals surface area (Å²) in [5.41, 5.74) is 0.166. The molecular formula is C17H29F3N2O4. The first-order chi connectivity index (χ1) is 12.1. The van der Waals surface area contributed by atoms with Crippen molar-refractivity contribution in [1.29, 1.82) is 0 Å². The summed E-state index contributed by atoms with van der Waals surface area (Å²) in [5, 5.41) is 10.9. The Morgan fingerprint density at radius 2 is 1.73 bits per heavy atom. The zero-order valence-corrected chi connectivity index (χ0v) is 16.4. The third-order valence-corrected chi connectivity index (χ3v) is 3.01. The van der Waals surface area contributed by atoms with Crippen molar-refractivity contribution in [3.05, 3.63) is 33.4 Å². The maximum Gasteiger partial charge on any atom is 0.573 e. The topological polar surface area (TPSA) is 64.8 Å². The van der Waals surface area contributed by atoms with Gasteiger partial charge in [-0.2, -0.15) is 0 Å². The van der Waals surface area contributed by atoms with Crippen molar-refractivity contribution >= 4 is 5.69 Å². The molecule has 1 aromatic rings. The highest BCUT2D eigenvalue weighted by molar-refractivity contribution is 5.49. The zero-order valence-electron chi connectivity index (χ0n) is 16.4. The van der Waals surface area contributed by atoms with Crippen molar-refractivity contribution in [2.75, 3.05) is 27.3 Å². The minimum Gasteiger partial charge on any atom is -0.405 e. The predicted octanol–water partition coefficient (Wildman–Crippen LogP) is 4.93. The van der Waals surface area contributed by atoms with Crippen LogP contribution in [0.15, 0.2) is 12.1 Å². The van der Waals surface area contributed by atoms with E-state index in [4.69, 9.17) is 4.74 Å². The molecule has 26 heavy (non-hydrogen) atoms. The molecule has 6 nitrogen and oxygen atoms in total. The van der Waals surface area contributed by atoms with Gasteiger partial charge in [0.1, 0.15) is 5.75 Å². The number of halogens is 3. The molecule has 1 aromatic carbocycles. The number of alkyl halides is 3. The molecule has 0 aliphatic heterocycles. The fraction of sp³-hybridized carbons (Fsp3) is 0.647. The first kappa shape index (κ1) is 26.4. The molecule has 0 unspecified atom stereocenters. The standard InChI is InChI=1S/C13H17F3N2O4.2C2H6/c1-9-10(8-17(2)4-5-21-3)6-11(18(19)20)7-12(9)22-13(14,15)16;2*1-2/h6-7H,4-5,8H2,1-3H3;2*1-2H3. The maximum absolute atomic E-state index is 12.4. The van der Waals surface area contributed by atoms with Crippen molar-refractivity contribution in [1.82, 2.24) is 4.90 Å². The van der Waals surface area contributed by atoms with Gasteiger partial charge in [0.2, 0.25) is 0 Å². The first-order valence-electron chi connectivity index (χ1n) is 8.35. The van der Waals surface area contributed by atoms with E-state index in [1.54, 1.807) is 11.9 Å². The van der Waals surface area contributed by atoms with Gasteiger partial charge in [-0.25, -0.2) is 0 Å². The lowest BCUT2D eigenvalue weighted by Gasteiger charge is -2.19. The number of non-ortho nitro benzene ring substituents is 1. The van der Waals surface area contributed by atoms with Gasteiger partial charge >= 0.3 is 6.36 Å². The lowest BCUT2D eigenvalue weighted by Crippen LogP contribution is -2.23. The summed E-state index contributed by atoms with van der Waals surface area (Å²) < 4.78 is 46.0. The fourth-order valence-electron chi connectivity index (χ4n) is 1.85. The molecule has 0 N–H and O–H groups in total. The molecule has 0 aliphatic carbocycles. The smallest absolute Gasteiger partial charge is 0.405 e. The Hall–Kier alpha value is -1.87. The van der Waals surface area contributed by atoms with E-state index in [9.17, 15) is 23.3 Å². The van der Waals surface area contributed by atoms with Gasteiger partial charge in [-0.3, -0.25) is 15.0 Å². The third-order valence-electron chi connectivity index (χ3n) is 3.01. The average Bonchev–Trinajstić information content (AvgIpc) is 2.58. The highest BCUT2D eigenvalue weighted by Crippen LogP contribution is 2.32. The van der Waals surface area contributed by atoms with Gasteiger partial charge < -0.3 is 9.47 Å². The lowest BCUT2D eigenvalue weighted by atomic mass is 10.1. The molecular weight excluding hydrogens is 353 g/mol. The van der Waals surface area contributed by atoms with Gasteiger partial charge in [0.05, 0.1) is 17.6 Å². The van der Waals surface area contributed by atoms with E-state index in [1.807, 2.05) is 27.7 Å². The van der Waals surface area contributed by atoms with Gasteiger partial charge in [-0.1, -0.05) is 27.7 Å². The van der Waals surface area contributed by atoms with Gasteiger partial charge in [0.15, 0.2) is 0 Å². The molecule has 0 bridgehead atoms. The number of hydrogen-bond donors (Lipinski definition) is 0. The number of hydrogen-bond acceptors (Lipinski definition) is 5. The molecule has 1 rings (SSSR count). The predicted molar refractivity (Wildman–Crippen MR) is 95.4 cm³/mol. The maximum atomic E-state index is 12.4. The summed E-state index contributed by atoms with van der Waals surface area (Å²) >= 11 is 0. The fourth-order valence-corrected chi connectivity index (χ4v) is 1.85. The summed E-state index contributed by atoms with van der Waals surface area (Å²) in [7, 11) is 3.27. The quantitative estimate of drug-likeness (QED) is 0.494. The van der Waals surface area contributed by atoms with E-state index in [2.05, 4.69) is 4.74 Å². The van der Waals surface area contributed by atoms with E-state index >= 15 is 0 Å². The van der Waals surface area contributed by atoms with Crippen molar-refractivity contribution in [3.63, 3.8) is 0 Å². The van der Waals surface area contributed by atoms with Crippen molar-refractivity contribution in [2.24, 2.45) is 0 Å². The first-order valence-corrected chi connectivity index (χ1v) is 8.35. The molecule has 0 aliphatic rings.